The molecule has 1 N–H and O–H groups in total. The van der Waals surface area contributed by atoms with Gasteiger partial charge < -0.3 is 9.69 Å². The van der Waals surface area contributed by atoms with Crippen LogP contribution in [0.5, 0.6) is 0 Å². The van der Waals surface area contributed by atoms with Crippen LogP contribution in [0.4, 0.5) is 0 Å². The number of nitrogens with zero attached hydrogens (tertiary/aromatic N) is 3. The Hall–Kier alpha value is -1.47. The first-order valence-electron chi connectivity index (χ1n) is 9.39. The van der Waals surface area contributed by atoms with Gasteiger partial charge in [0.1, 0.15) is 6.29 Å². The van der Waals surface area contributed by atoms with Gasteiger partial charge >= 0.3 is 0 Å². The van der Waals surface area contributed by atoms with Crippen LogP contribution in [0.15, 0.2) is 0 Å². The summed E-state index contributed by atoms with van der Waals surface area (Å²) < 4.78 is 0. The smallest absolute Gasteiger partial charge is 0.239 e. The molecule has 1 heterocycles. The molecule has 1 rings (SSSR count). The molecule has 1 aliphatic heterocycles. The van der Waals surface area contributed by atoms with Gasteiger partial charge in [0.15, 0.2) is 0 Å². The van der Waals surface area contributed by atoms with E-state index in [-0.39, 0.29) is 17.7 Å². The summed E-state index contributed by atoms with van der Waals surface area (Å²) in [6.45, 7) is 8.28. The van der Waals surface area contributed by atoms with Crippen molar-refractivity contribution in [3.8, 4) is 0 Å². The van der Waals surface area contributed by atoms with E-state index >= 15 is 0 Å². The van der Waals surface area contributed by atoms with E-state index in [1.807, 2.05) is 11.8 Å². The van der Waals surface area contributed by atoms with Crippen LogP contribution in [0.2, 0.25) is 0 Å². The predicted octanol–water partition coefficient (Wildman–Crippen LogP) is 0.899. The number of amides is 2. The second kappa shape index (κ2) is 12.0. The SMILES string of the molecule is CNN(CCN1CCN(C(C)=O)CC1)C(=O)C(C)CCCCCC=O. The molecule has 1 atom stereocenters. The Labute approximate surface area is 151 Å². The Kier molecular flexibility index (Phi) is 10.3. The van der Waals surface area contributed by atoms with E-state index in [0.717, 1.165) is 64.7 Å². The van der Waals surface area contributed by atoms with Crippen molar-refractivity contribution >= 4 is 18.1 Å². The van der Waals surface area contributed by atoms with E-state index in [1.165, 1.54) is 0 Å². The standard InChI is InChI=1S/C18H34N4O3/c1-16(8-6-4-5-7-15-23)18(25)22(19-3)14-11-20-9-12-21(13-10-20)17(2)24/h15-16,19H,4-14H2,1-3H3. The molecule has 0 aliphatic carbocycles. The summed E-state index contributed by atoms with van der Waals surface area (Å²) in [5.74, 6) is 0.243. The van der Waals surface area contributed by atoms with E-state index in [0.29, 0.717) is 13.0 Å². The van der Waals surface area contributed by atoms with E-state index in [4.69, 9.17) is 0 Å². The third-order valence-electron chi connectivity index (χ3n) is 4.87. The minimum atomic E-state index is -0.0155. The van der Waals surface area contributed by atoms with Crippen LogP contribution in [0.1, 0.15) is 46.0 Å². The summed E-state index contributed by atoms with van der Waals surface area (Å²) in [7, 11) is 1.78. The first-order valence-corrected chi connectivity index (χ1v) is 9.39. The van der Waals surface area contributed by atoms with Crippen molar-refractivity contribution in [2.45, 2.75) is 46.0 Å². The van der Waals surface area contributed by atoms with Gasteiger partial charge in [-0.05, 0) is 12.8 Å². The summed E-state index contributed by atoms with van der Waals surface area (Å²) in [4.78, 5) is 38.4. The highest BCUT2D eigenvalue weighted by Crippen LogP contribution is 2.12. The molecule has 0 aromatic rings. The van der Waals surface area contributed by atoms with E-state index in [1.54, 1.807) is 19.0 Å². The molecule has 0 saturated carbocycles. The fourth-order valence-electron chi connectivity index (χ4n) is 3.10. The van der Waals surface area contributed by atoms with Crippen LogP contribution < -0.4 is 5.43 Å². The maximum Gasteiger partial charge on any atom is 0.239 e. The number of nitrogens with one attached hydrogen (secondary N) is 1. The van der Waals surface area contributed by atoms with Gasteiger partial charge in [-0.15, -0.1) is 0 Å². The molecule has 0 bridgehead atoms. The van der Waals surface area contributed by atoms with Crippen molar-refractivity contribution in [1.82, 2.24) is 20.2 Å². The molecule has 2 amide bonds. The van der Waals surface area contributed by atoms with Gasteiger partial charge in [-0.25, -0.2) is 5.43 Å². The quantitative estimate of drug-likeness (QED) is 0.339. The number of carbonyl (C=O) groups is 3. The summed E-state index contributed by atoms with van der Waals surface area (Å²) in [6.07, 6.45) is 5.30. The minimum absolute atomic E-state index is 0.0155. The molecular formula is C18H34N4O3. The maximum absolute atomic E-state index is 12.5. The van der Waals surface area contributed by atoms with Gasteiger partial charge in [-0.1, -0.05) is 19.8 Å². The summed E-state index contributed by atoms with van der Waals surface area (Å²) in [5, 5.41) is 1.70. The molecule has 0 aromatic heterocycles. The van der Waals surface area contributed by atoms with Crippen LogP contribution in [-0.2, 0) is 14.4 Å². The Morgan fingerprint density at radius 2 is 1.84 bits per heavy atom. The van der Waals surface area contributed by atoms with Crippen LogP contribution in [0.25, 0.3) is 0 Å². The van der Waals surface area contributed by atoms with Crippen molar-refractivity contribution in [3.63, 3.8) is 0 Å². The number of hydrogen-bond acceptors (Lipinski definition) is 5. The lowest BCUT2D eigenvalue weighted by Crippen LogP contribution is -2.52. The number of hydrogen-bond donors (Lipinski definition) is 1. The zero-order valence-electron chi connectivity index (χ0n) is 16.0. The second-order valence-electron chi connectivity index (χ2n) is 6.77. The lowest BCUT2D eigenvalue weighted by Gasteiger charge is -2.35. The molecule has 25 heavy (non-hydrogen) atoms. The summed E-state index contributed by atoms with van der Waals surface area (Å²) >= 11 is 0. The van der Waals surface area contributed by atoms with Gasteiger partial charge in [-0.3, -0.25) is 19.5 Å². The number of rotatable bonds is 11. The van der Waals surface area contributed by atoms with Crippen molar-refractivity contribution < 1.29 is 14.4 Å². The van der Waals surface area contributed by atoms with Gasteiger partial charge in [-0.2, -0.15) is 0 Å². The normalized spacial score (nSPS) is 16.5. The van der Waals surface area contributed by atoms with Gasteiger partial charge in [0.25, 0.3) is 0 Å². The molecular weight excluding hydrogens is 320 g/mol. The Morgan fingerprint density at radius 3 is 2.40 bits per heavy atom. The number of aldehydes is 1. The summed E-state index contributed by atoms with van der Waals surface area (Å²) in [6, 6.07) is 0. The zero-order valence-corrected chi connectivity index (χ0v) is 16.0. The molecule has 7 heteroatoms. The Bertz CT molecular complexity index is 423. The van der Waals surface area contributed by atoms with Crippen molar-refractivity contribution in [1.29, 1.82) is 0 Å². The average molecular weight is 354 g/mol. The van der Waals surface area contributed by atoms with Crippen LogP contribution in [0.3, 0.4) is 0 Å². The molecule has 0 aromatic carbocycles. The Balaban J connectivity index is 2.29. The molecule has 144 valence electrons. The third kappa shape index (κ3) is 7.96. The van der Waals surface area contributed by atoms with E-state index in [9.17, 15) is 14.4 Å². The Morgan fingerprint density at radius 1 is 1.16 bits per heavy atom. The van der Waals surface area contributed by atoms with Gasteiger partial charge in [0.2, 0.25) is 11.8 Å². The monoisotopic (exact) mass is 354 g/mol. The topological polar surface area (TPSA) is 73.0 Å². The second-order valence-corrected chi connectivity index (χ2v) is 6.77. The molecule has 1 unspecified atom stereocenters. The molecule has 0 radical (unpaired) electrons. The largest absolute Gasteiger partial charge is 0.340 e. The fourth-order valence-corrected chi connectivity index (χ4v) is 3.10. The van der Waals surface area contributed by atoms with Gasteiger partial charge in [0.05, 0.1) is 6.54 Å². The van der Waals surface area contributed by atoms with Crippen LogP contribution in [-0.4, -0.2) is 79.2 Å². The highest BCUT2D eigenvalue weighted by molar-refractivity contribution is 5.78. The molecule has 7 nitrogen and oxygen atoms in total. The maximum atomic E-state index is 12.5. The average Bonchev–Trinajstić information content (AvgIpc) is 2.62. The number of hydrazine groups is 1. The van der Waals surface area contributed by atoms with Crippen molar-refractivity contribution in [2.75, 3.05) is 46.3 Å². The molecule has 1 saturated heterocycles. The minimum Gasteiger partial charge on any atom is -0.340 e. The highest BCUT2D eigenvalue weighted by Gasteiger charge is 2.22. The van der Waals surface area contributed by atoms with Crippen molar-refractivity contribution in [3.05, 3.63) is 0 Å². The van der Waals surface area contributed by atoms with Crippen LogP contribution in [0, 0.1) is 5.92 Å². The van der Waals surface area contributed by atoms with E-state index in [2.05, 4.69) is 10.3 Å². The molecule has 1 fully saturated rings. The van der Waals surface area contributed by atoms with E-state index < -0.39 is 0 Å². The fraction of sp³-hybridized carbons (Fsp3) is 0.833. The molecule has 0 spiro atoms. The lowest BCUT2D eigenvalue weighted by molar-refractivity contribution is -0.138. The first-order chi connectivity index (χ1) is 12.0. The zero-order chi connectivity index (χ0) is 18.7. The molecule has 1 aliphatic rings. The first kappa shape index (κ1) is 21.6. The third-order valence-corrected chi connectivity index (χ3v) is 4.87. The number of piperazine rings is 1. The highest BCUT2D eigenvalue weighted by atomic mass is 16.2. The van der Waals surface area contributed by atoms with Gasteiger partial charge in [0, 0.05) is 59.0 Å². The number of carbonyl (C=O) groups excluding carboxylic acids is 3. The predicted molar refractivity (Wildman–Crippen MR) is 97.8 cm³/mol. The summed E-state index contributed by atoms with van der Waals surface area (Å²) in [5.41, 5.74) is 3.01. The lowest BCUT2D eigenvalue weighted by atomic mass is 10.0. The van der Waals surface area contributed by atoms with Crippen LogP contribution >= 0.6 is 0 Å². The number of unbranched alkanes of at least 4 members (excludes halogenated alkanes) is 3. The van der Waals surface area contributed by atoms with Crippen molar-refractivity contribution in [2.24, 2.45) is 5.92 Å².